The first-order valence-electron chi connectivity index (χ1n) is 21.3. The van der Waals surface area contributed by atoms with Gasteiger partial charge in [-0.1, -0.05) is 0 Å². The van der Waals surface area contributed by atoms with Crippen LogP contribution >= 0.6 is 0 Å². The van der Waals surface area contributed by atoms with Gasteiger partial charge in [0.05, 0.1) is 12.7 Å². The zero-order chi connectivity index (χ0) is 47.1. The molecule has 0 bridgehead atoms. The minimum absolute atomic E-state index is 0.0508. The molecular formula is C37H72N14O12. The van der Waals surface area contributed by atoms with Gasteiger partial charge in [0, 0.05) is 76.0 Å². The van der Waals surface area contributed by atoms with Gasteiger partial charge in [-0.05, 0) is 57.9 Å². The van der Waals surface area contributed by atoms with Crippen LogP contribution in [0.25, 0.3) is 0 Å². The number of rotatable bonds is 30. The molecule has 2 aliphatic rings. The first-order valence-corrected chi connectivity index (χ1v) is 21.3. The van der Waals surface area contributed by atoms with Crippen LogP contribution in [0.4, 0.5) is 4.79 Å². The molecule has 12 atom stereocenters. The molecule has 0 aromatic heterocycles. The Labute approximate surface area is 366 Å². The lowest BCUT2D eigenvalue weighted by Gasteiger charge is -2.44. The number of carbonyl (C=O) groups excluding carboxylic acids is 5. The minimum Gasteiger partial charge on any atom is -0.480 e. The fraction of sp³-hybridized carbons (Fsp3) is 0.811. The third-order valence-corrected chi connectivity index (χ3v) is 10.4. The molecule has 63 heavy (non-hydrogen) atoms. The van der Waals surface area contributed by atoms with Crippen LogP contribution in [0.15, 0.2) is 4.99 Å². The Kier molecular flexibility index (Phi) is 25.2. The summed E-state index contributed by atoms with van der Waals surface area (Å²) >= 11 is 0. The Hall–Kier alpha value is -4.51. The summed E-state index contributed by atoms with van der Waals surface area (Å²) in [4.78, 5) is 77.4. The van der Waals surface area contributed by atoms with Gasteiger partial charge >= 0.3 is 12.1 Å². The Bertz CT molecular complexity index is 1480. The summed E-state index contributed by atoms with van der Waals surface area (Å²) in [5.41, 5.74) is 40.4. The maximum Gasteiger partial charge on any atom is 0.404 e. The van der Waals surface area contributed by atoms with E-state index in [4.69, 9.17) is 49.6 Å². The van der Waals surface area contributed by atoms with Crippen molar-refractivity contribution < 1.29 is 58.7 Å². The number of carboxylic acids is 1. The molecule has 0 aliphatic carbocycles. The highest BCUT2D eigenvalue weighted by Gasteiger charge is 2.49. The maximum absolute atomic E-state index is 13.2. The Balaban J connectivity index is 1.72. The normalized spacial score (nSPS) is 24.3. The largest absolute Gasteiger partial charge is 0.480 e. The number of hydrogen-bond acceptors (Lipinski definition) is 20. The van der Waals surface area contributed by atoms with E-state index in [1.165, 1.54) is 0 Å². The van der Waals surface area contributed by atoms with E-state index in [0.717, 1.165) is 6.42 Å². The van der Waals surface area contributed by atoms with Gasteiger partial charge in [0.2, 0.25) is 23.6 Å². The van der Waals surface area contributed by atoms with E-state index in [9.17, 15) is 49.2 Å². The summed E-state index contributed by atoms with van der Waals surface area (Å²) in [6.07, 6.45) is -4.07. The number of ether oxygens (including phenoxy) is 2. The highest BCUT2D eigenvalue weighted by molar-refractivity contribution is 5.90. The minimum atomic E-state index is -1.71. The predicted molar refractivity (Wildman–Crippen MR) is 228 cm³/mol. The molecule has 26 heteroatoms. The number of aliphatic imine (C=N–C) groups is 1. The molecule has 0 radical (unpaired) electrons. The Morgan fingerprint density at radius 1 is 0.762 bits per heavy atom. The highest BCUT2D eigenvalue weighted by Crippen LogP contribution is 2.24. The van der Waals surface area contributed by atoms with E-state index in [2.05, 4.69) is 36.9 Å². The van der Waals surface area contributed by atoms with E-state index < -0.39 is 85.4 Å². The molecule has 24 N–H and O–H groups in total. The average molecular weight is 905 g/mol. The number of guanidine groups is 1. The number of nitrogens with one attached hydrogen (secondary N) is 6. The van der Waals surface area contributed by atoms with Crippen molar-refractivity contribution in [1.82, 2.24) is 31.9 Å². The molecule has 5 amide bonds. The molecule has 2 rings (SSSR count). The smallest absolute Gasteiger partial charge is 0.404 e. The number of carboxylic acid groups (broad SMARTS) is 1. The van der Waals surface area contributed by atoms with E-state index in [1.807, 2.05) is 0 Å². The number of aliphatic hydroxyl groups excluding tert-OH is 3. The summed E-state index contributed by atoms with van der Waals surface area (Å²) in [6.45, 7) is 0.519. The predicted octanol–water partition coefficient (Wildman–Crippen LogP) is -7.00. The van der Waals surface area contributed by atoms with E-state index >= 15 is 0 Å². The fourth-order valence-electron chi connectivity index (χ4n) is 7.01. The van der Waals surface area contributed by atoms with Gasteiger partial charge in [-0.3, -0.25) is 19.2 Å². The standard InChI is InChI=1S/C37H72N14O12/c38-9-1-5-19(40)13-25(54)45-10-2-6-20(41)14-26(55)46-11-3-7-21(42)15-27(56)47-12-4-8-22(43)16-28(57)48-31-32(58)33(63-36(44)61)24(18-52)62-34(31)51-37-49-29(23(53)17-39)30(50-37)35(59)60/h19-24,29-34,52-53,58H,1-18,38-43H2,(H2,44,61)(H,45,54)(H,46,55)(H,47,56)(H,48,57)(H,59,60)(H2,49,50,51)/t19-,20-,21-,22-,23+,24+,29+,30-,31+,32-,33-,34+/m0/s1. The summed E-state index contributed by atoms with van der Waals surface area (Å²) < 4.78 is 10.8. The highest BCUT2D eigenvalue weighted by atomic mass is 16.6. The van der Waals surface area contributed by atoms with Crippen molar-refractivity contribution in [3.8, 4) is 0 Å². The quantitative estimate of drug-likeness (QED) is 0.0298. The van der Waals surface area contributed by atoms with Gasteiger partial charge in [0.1, 0.15) is 24.3 Å². The third kappa shape index (κ3) is 20.7. The van der Waals surface area contributed by atoms with Crippen molar-refractivity contribution in [1.29, 1.82) is 0 Å². The first kappa shape index (κ1) is 54.6. The van der Waals surface area contributed by atoms with Crippen molar-refractivity contribution in [3.05, 3.63) is 0 Å². The second-order valence-corrected chi connectivity index (χ2v) is 15.9. The second kappa shape index (κ2) is 29.0. The average Bonchev–Trinajstić information content (AvgIpc) is 3.65. The lowest BCUT2D eigenvalue weighted by Crippen LogP contribution is -2.69. The summed E-state index contributed by atoms with van der Waals surface area (Å²) in [6, 6.07) is -5.73. The third-order valence-electron chi connectivity index (χ3n) is 10.4. The van der Waals surface area contributed by atoms with Gasteiger partial charge < -0.3 is 102 Å². The van der Waals surface area contributed by atoms with Crippen LogP contribution < -0.4 is 72.0 Å². The molecule has 0 aromatic carbocycles. The summed E-state index contributed by atoms with van der Waals surface area (Å²) in [5.74, 6) is -2.81. The molecule has 1 saturated heterocycles. The van der Waals surface area contributed by atoms with Crippen molar-refractivity contribution in [2.45, 2.75) is 150 Å². The second-order valence-electron chi connectivity index (χ2n) is 15.9. The van der Waals surface area contributed by atoms with Crippen LogP contribution in [0.3, 0.4) is 0 Å². The SMILES string of the molecule is NCCC[C@H](N)CC(=O)NCCC[C@H](N)CC(=O)NCCC[C@H](N)CC(=O)NCCC[C@H](N)CC(=O)N[C@@H]1[C@H](O)[C@@H](OC(N)=O)[C@@H](CO)O[C@H]1NC1=N[C@H]([C@H](O)CN)[C@@H](C(=O)O)N1. The van der Waals surface area contributed by atoms with Crippen LogP contribution in [-0.2, 0) is 33.4 Å². The maximum atomic E-state index is 13.2. The molecule has 0 unspecified atom stereocenters. The molecule has 0 saturated carbocycles. The number of nitrogens with zero attached hydrogens (tertiary/aromatic N) is 1. The lowest BCUT2D eigenvalue weighted by atomic mass is 9.95. The number of aliphatic carboxylic acids is 1. The van der Waals surface area contributed by atoms with Crippen molar-refractivity contribution in [2.75, 3.05) is 39.3 Å². The molecule has 26 nitrogen and oxygen atoms in total. The molecule has 2 aliphatic heterocycles. The van der Waals surface area contributed by atoms with E-state index in [0.29, 0.717) is 64.6 Å². The topological polar surface area (TPSA) is 468 Å². The van der Waals surface area contributed by atoms with Crippen molar-refractivity contribution >= 4 is 41.7 Å². The van der Waals surface area contributed by atoms with E-state index in [-0.39, 0.29) is 74.5 Å². The lowest BCUT2D eigenvalue weighted by molar-refractivity contribution is -0.198. The monoisotopic (exact) mass is 905 g/mol. The molecule has 0 aromatic rings. The van der Waals surface area contributed by atoms with Gasteiger partial charge in [-0.25, -0.2) is 14.6 Å². The van der Waals surface area contributed by atoms with Crippen LogP contribution in [0.1, 0.15) is 77.0 Å². The number of aliphatic hydroxyl groups is 3. The fourth-order valence-corrected chi connectivity index (χ4v) is 7.01. The first-order chi connectivity index (χ1) is 29.9. The molecular weight excluding hydrogens is 832 g/mol. The van der Waals surface area contributed by atoms with Gasteiger partial charge in [0.25, 0.3) is 0 Å². The summed E-state index contributed by atoms with van der Waals surface area (Å²) in [7, 11) is 0. The zero-order valence-electron chi connectivity index (χ0n) is 35.7. The van der Waals surface area contributed by atoms with Crippen LogP contribution in [0.5, 0.6) is 0 Å². The number of amides is 5. The number of carbonyl (C=O) groups is 6. The van der Waals surface area contributed by atoms with Gasteiger partial charge in [-0.2, -0.15) is 0 Å². The van der Waals surface area contributed by atoms with Crippen molar-refractivity contribution in [3.63, 3.8) is 0 Å². The van der Waals surface area contributed by atoms with Crippen LogP contribution in [0, 0.1) is 0 Å². The molecule has 0 spiro atoms. The molecule has 1 fully saturated rings. The van der Waals surface area contributed by atoms with Gasteiger partial charge in [-0.15, -0.1) is 0 Å². The number of nitrogens with two attached hydrogens (primary N) is 7. The molecule has 2 heterocycles. The van der Waals surface area contributed by atoms with E-state index in [1.54, 1.807) is 0 Å². The molecule has 362 valence electrons. The van der Waals surface area contributed by atoms with Crippen molar-refractivity contribution in [2.24, 2.45) is 45.1 Å². The summed E-state index contributed by atoms with van der Waals surface area (Å²) in [5, 5.41) is 57.2. The number of hydrogen-bond donors (Lipinski definition) is 17. The van der Waals surface area contributed by atoms with Crippen LogP contribution in [0.2, 0.25) is 0 Å². The Morgan fingerprint density at radius 3 is 1.63 bits per heavy atom. The number of primary amides is 1. The Morgan fingerprint density at radius 2 is 1.22 bits per heavy atom. The van der Waals surface area contributed by atoms with Crippen LogP contribution in [-0.4, -0.2) is 174 Å². The zero-order valence-corrected chi connectivity index (χ0v) is 35.7. The van der Waals surface area contributed by atoms with Gasteiger partial charge in [0.15, 0.2) is 24.3 Å².